The zero-order valence-corrected chi connectivity index (χ0v) is 11.5. The summed E-state index contributed by atoms with van der Waals surface area (Å²) in [5.74, 6) is 0.775. The molecule has 2 fully saturated rings. The van der Waals surface area contributed by atoms with Crippen molar-refractivity contribution in [3.63, 3.8) is 0 Å². The number of nitrogens with one attached hydrogen (secondary N) is 1. The second kappa shape index (κ2) is 5.67. The average Bonchev–Trinajstić information content (AvgIpc) is 2.54. The van der Waals surface area contributed by atoms with E-state index in [9.17, 15) is 8.42 Å². The summed E-state index contributed by atoms with van der Waals surface area (Å²) in [6.45, 7) is 5.46. The van der Waals surface area contributed by atoms with Crippen molar-refractivity contribution in [1.29, 1.82) is 0 Å². The molecule has 1 N–H and O–H groups in total. The predicted molar refractivity (Wildman–Crippen MR) is 69.9 cm³/mol. The Bertz CT molecular complexity index is 328. The van der Waals surface area contributed by atoms with Crippen molar-refractivity contribution < 1.29 is 8.42 Å². The van der Waals surface area contributed by atoms with Crippen molar-refractivity contribution >= 4 is 9.84 Å². The highest BCUT2D eigenvalue weighted by Gasteiger charge is 2.28. The maximum absolute atomic E-state index is 11.4. The molecular formula is C12H24N2O2S. The van der Waals surface area contributed by atoms with Crippen molar-refractivity contribution in [3.8, 4) is 0 Å². The summed E-state index contributed by atoms with van der Waals surface area (Å²) in [6, 6.07) is 1.14. The molecule has 0 saturated carbocycles. The highest BCUT2D eigenvalue weighted by molar-refractivity contribution is 7.91. The first-order valence-corrected chi connectivity index (χ1v) is 8.61. The van der Waals surface area contributed by atoms with Crippen LogP contribution in [0.3, 0.4) is 0 Å². The summed E-state index contributed by atoms with van der Waals surface area (Å²) in [5, 5.41) is 3.56. The fourth-order valence-electron chi connectivity index (χ4n) is 2.90. The molecule has 0 aliphatic carbocycles. The van der Waals surface area contributed by atoms with E-state index < -0.39 is 9.84 Å². The summed E-state index contributed by atoms with van der Waals surface area (Å²) in [7, 11) is -2.72. The SMILES string of the molecule is CCC1CCN(C2CCS(=O)(=O)CC2)CCN1. The zero-order valence-electron chi connectivity index (χ0n) is 10.7. The van der Waals surface area contributed by atoms with Crippen molar-refractivity contribution in [2.24, 2.45) is 0 Å². The van der Waals surface area contributed by atoms with Crippen LogP contribution in [0.5, 0.6) is 0 Å². The van der Waals surface area contributed by atoms with Crippen LogP contribution in [0.1, 0.15) is 32.6 Å². The van der Waals surface area contributed by atoms with Gasteiger partial charge in [0.05, 0.1) is 11.5 Å². The Kier molecular flexibility index (Phi) is 4.44. The van der Waals surface area contributed by atoms with Crippen LogP contribution in [0.4, 0.5) is 0 Å². The quantitative estimate of drug-likeness (QED) is 0.791. The molecule has 1 unspecified atom stereocenters. The van der Waals surface area contributed by atoms with E-state index >= 15 is 0 Å². The van der Waals surface area contributed by atoms with Gasteiger partial charge in [-0.15, -0.1) is 0 Å². The van der Waals surface area contributed by atoms with Gasteiger partial charge >= 0.3 is 0 Å². The summed E-state index contributed by atoms with van der Waals surface area (Å²) in [5.41, 5.74) is 0. The number of nitrogens with zero attached hydrogens (tertiary/aromatic N) is 1. The molecule has 0 radical (unpaired) electrons. The van der Waals surface area contributed by atoms with E-state index in [4.69, 9.17) is 0 Å². The molecule has 5 heteroatoms. The molecule has 2 heterocycles. The van der Waals surface area contributed by atoms with Crippen LogP contribution in [-0.4, -0.2) is 56.5 Å². The first kappa shape index (κ1) is 13.3. The van der Waals surface area contributed by atoms with Gasteiger partial charge in [-0.05, 0) is 32.2 Å². The van der Waals surface area contributed by atoms with Crippen LogP contribution in [0.25, 0.3) is 0 Å². The molecule has 0 aromatic rings. The van der Waals surface area contributed by atoms with E-state index in [-0.39, 0.29) is 0 Å². The van der Waals surface area contributed by atoms with E-state index in [0.717, 1.165) is 32.5 Å². The Morgan fingerprint density at radius 3 is 2.53 bits per heavy atom. The second-order valence-electron chi connectivity index (χ2n) is 5.27. The van der Waals surface area contributed by atoms with Gasteiger partial charge in [-0.25, -0.2) is 8.42 Å². The molecule has 0 amide bonds. The highest BCUT2D eigenvalue weighted by atomic mass is 32.2. The van der Waals surface area contributed by atoms with Crippen LogP contribution in [0.2, 0.25) is 0 Å². The fraction of sp³-hybridized carbons (Fsp3) is 1.00. The van der Waals surface area contributed by atoms with E-state index in [1.54, 1.807) is 0 Å². The van der Waals surface area contributed by atoms with Crippen molar-refractivity contribution in [2.45, 2.75) is 44.7 Å². The molecule has 100 valence electrons. The third kappa shape index (κ3) is 3.66. The first-order chi connectivity index (χ1) is 8.11. The van der Waals surface area contributed by atoms with Gasteiger partial charge in [-0.3, -0.25) is 4.90 Å². The van der Waals surface area contributed by atoms with Gasteiger partial charge in [-0.1, -0.05) is 6.92 Å². The standard InChI is InChI=1S/C12H24N2O2S/c1-2-11-3-7-14(8-6-13-11)12-4-9-17(15,16)10-5-12/h11-13H,2-10H2,1H3. The smallest absolute Gasteiger partial charge is 0.150 e. The highest BCUT2D eigenvalue weighted by Crippen LogP contribution is 2.19. The average molecular weight is 260 g/mol. The molecule has 0 bridgehead atoms. The Morgan fingerprint density at radius 1 is 1.18 bits per heavy atom. The van der Waals surface area contributed by atoms with Crippen LogP contribution in [0.15, 0.2) is 0 Å². The van der Waals surface area contributed by atoms with Crippen LogP contribution >= 0.6 is 0 Å². The molecule has 0 aromatic heterocycles. The summed E-state index contributed by atoms with van der Waals surface area (Å²) >= 11 is 0. The Labute approximate surface area is 105 Å². The second-order valence-corrected chi connectivity index (χ2v) is 7.57. The molecular weight excluding hydrogens is 236 g/mol. The molecule has 1 atom stereocenters. The Hall–Kier alpha value is -0.130. The van der Waals surface area contributed by atoms with Crippen molar-refractivity contribution in [1.82, 2.24) is 10.2 Å². The van der Waals surface area contributed by atoms with Gasteiger partial charge in [0.15, 0.2) is 0 Å². The van der Waals surface area contributed by atoms with E-state index in [2.05, 4.69) is 17.1 Å². The van der Waals surface area contributed by atoms with Crippen LogP contribution < -0.4 is 5.32 Å². The van der Waals surface area contributed by atoms with Crippen molar-refractivity contribution in [2.75, 3.05) is 31.1 Å². The number of hydrogen-bond acceptors (Lipinski definition) is 4. The lowest BCUT2D eigenvalue weighted by Gasteiger charge is -2.33. The molecule has 17 heavy (non-hydrogen) atoms. The minimum absolute atomic E-state index is 0.388. The topological polar surface area (TPSA) is 49.4 Å². The normalized spacial score (nSPS) is 32.2. The van der Waals surface area contributed by atoms with Gasteiger partial charge in [0.2, 0.25) is 0 Å². The molecule has 0 aromatic carbocycles. The van der Waals surface area contributed by atoms with Gasteiger partial charge in [-0.2, -0.15) is 0 Å². The summed E-state index contributed by atoms with van der Waals surface area (Å²) in [4.78, 5) is 2.50. The Morgan fingerprint density at radius 2 is 1.88 bits per heavy atom. The lowest BCUT2D eigenvalue weighted by atomic mass is 10.1. The lowest BCUT2D eigenvalue weighted by molar-refractivity contribution is 0.194. The largest absolute Gasteiger partial charge is 0.313 e. The molecule has 0 spiro atoms. The minimum atomic E-state index is -2.72. The summed E-state index contributed by atoms with van der Waals surface area (Å²) < 4.78 is 22.8. The zero-order chi connectivity index (χ0) is 12.3. The third-order valence-electron chi connectivity index (χ3n) is 4.13. The lowest BCUT2D eigenvalue weighted by Crippen LogP contribution is -2.42. The Balaban J connectivity index is 1.86. The van der Waals surface area contributed by atoms with E-state index in [1.165, 1.54) is 12.8 Å². The molecule has 2 aliphatic rings. The predicted octanol–water partition coefficient (Wildman–Crippen LogP) is 0.638. The fourth-order valence-corrected chi connectivity index (χ4v) is 4.37. The van der Waals surface area contributed by atoms with Crippen LogP contribution in [0, 0.1) is 0 Å². The van der Waals surface area contributed by atoms with Gasteiger partial charge in [0.1, 0.15) is 9.84 Å². The van der Waals surface area contributed by atoms with Gasteiger partial charge in [0.25, 0.3) is 0 Å². The van der Waals surface area contributed by atoms with Gasteiger partial charge < -0.3 is 5.32 Å². The monoisotopic (exact) mass is 260 g/mol. The number of sulfone groups is 1. The first-order valence-electron chi connectivity index (χ1n) is 6.78. The van der Waals surface area contributed by atoms with Crippen LogP contribution in [-0.2, 0) is 9.84 Å². The third-order valence-corrected chi connectivity index (χ3v) is 5.85. The van der Waals surface area contributed by atoms with E-state index in [0.29, 0.717) is 23.6 Å². The summed E-state index contributed by atoms with van der Waals surface area (Å²) in [6.07, 6.45) is 4.05. The molecule has 2 aliphatic heterocycles. The molecule has 2 saturated heterocycles. The van der Waals surface area contributed by atoms with Crippen molar-refractivity contribution in [3.05, 3.63) is 0 Å². The minimum Gasteiger partial charge on any atom is -0.313 e. The van der Waals surface area contributed by atoms with Gasteiger partial charge in [0, 0.05) is 25.2 Å². The maximum atomic E-state index is 11.4. The number of hydrogen-bond donors (Lipinski definition) is 1. The maximum Gasteiger partial charge on any atom is 0.150 e. The number of rotatable bonds is 2. The van der Waals surface area contributed by atoms with E-state index in [1.807, 2.05) is 0 Å². The molecule has 2 rings (SSSR count). The molecule has 4 nitrogen and oxygen atoms in total.